The van der Waals surface area contributed by atoms with Crippen LogP contribution in [-0.2, 0) is 5.60 Å². The van der Waals surface area contributed by atoms with Crippen molar-refractivity contribution in [2.75, 3.05) is 0 Å². The van der Waals surface area contributed by atoms with Gasteiger partial charge in [0.15, 0.2) is 0 Å². The van der Waals surface area contributed by atoms with Crippen molar-refractivity contribution in [1.82, 2.24) is 4.98 Å². The van der Waals surface area contributed by atoms with E-state index in [1.165, 1.54) is 11.8 Å². The number of rotatable bonds is 1. The fraction of sp³-hybridized carbons (Fsp3) is 0.462. The Hall–Kier alpha value is -0.930. The Bertz CT molecular complexity index is 499. The first kappa shape index (κ1) is 10.2. The van der Waals surface area contributed by atoms with Gasteiger partial charge in [0.2, 0.25) is 0 Å². The second-order valence-corrected chi connectivity index (χ2v) is 5.38. The maximum Gasteiger partial charge on any atom is 0.107 e. The van der Waals surface area contributed by atoms with Gasteiger partial charge in [0.1, 0.15) is 5.60 Å². The number of thiophene rings is 1. The van der Waals surface area contributed by atoms with Crippen LogP contribution in [0, 0.1) is 0 Å². The van der Waals surface area contributed by atoms with Crippen molar-refractivity contribution >= 4 is 22.2 Å². The molecule has 0 unspecified atom stereocenters. The van der Waals surface area contributed by atoms with Crippen LogP contribution < -0.4 is 0 Å². The highest BCUT2D eigenvalue weighted by Crippen LogP contribution is 2.36. The molecule has 1 saturated carbocycles. The third-order valence-electron chi connectivity index (χ3n) is 3.49. The number of fused-ring (bicyclic) bond motifs is 1. The molecule has 1 aliphatic rings. The zero-order valence-electron chi connectivity index (χ0n) is 9.15. The molecule has 3 heteroatoms. The number of hydrogen-bond donors (Lipinski definition) is 1. The minimum atomic E-state index is -0.672. The summed E-state index contributed by atoms with van der Waals surface area (Å²) < 4.78 is 0. The summed E-state index contributed by atoms with van der Waals surface area (Å²) >= 11 is 1.66. The van der Waals surface area contributed by atoms with Crippen molar-refractivity contribution in [3.05, 3.63) is 28.6 Å². The van der Waals surface area contributed by atoms with Crippen LogP contribution in [0.3, 0.4) is 0 Å². The molecule has 0 radical (unpaired) electrons. The van der Waals surface area contributed by atoms with E-state index < -0.39 is 5.60 Å². The smallest absolute Gasteiger partial charge is 0.107 e. The van der Waals surface area contributed by atoms with E-state index in [1.807, 2.05) is 11.4 Å². The van der Waals surface area contributed by atoms with Crippen LogP contribution in [0.25, 0.3) is 10.9 Å². The Labute approximate surface area is 99.0 Å². The van der Waals surface area contributed by atoms with Crippen LogP contribution in [0.4, 0.5) is 0 Å². The molecular formula is C13H15NOS. The normalized spacial score (nSPS) is 20.1. The molecule has 0 aliphatic heterocycles. The molecule has 0 saturated heterocycles. The van der Waals surface area contributed by atoms with E-state index in [4.69, 9.17) is 0 Å². The molecule has 0 bridgehead atoms. The monoisotopic (exact) mass is 233 g/mol. The van der Waals surface area contributed by atoms with Crippen LogP contribution in [0.5, 0.6) is 0 Å². The second-order valence-electron chi connectivity index (χ2n) is 4.63. The fourth-order valence-electron chi connectivity index (χ4n) is 2.50. The van der Waals surface area contributed by atoms with E-state index in [-0.39, 0.29) is 0 Å². The van der Waals surface area contributed by atoms with Gasteiger partial charge in [-0.1, -0.05) is 25.3 Å². The molecule has 2 heterocycles. The van der Waals surface area contributed by atoms with Crippen LogP contribution in [0.1, 0.15) is 37.8 Å². The van der Waals surface area contributed by atoms with Gasteiger partial charge in [0.05, 0.1) is 11.2 Å². The molecule has 1 fully saturated rings. The molecular weight excluding hydrogens is 218 g/mol. The quantitative estimate of drug-likeness (QED) is 0.818. The zero-order chi connectivity index (χ0) is 11.0. The lowest BCUT2D eigenvalue weighted by Crippen LogP contribution is -2.29. The molecule has 2 aromatic rings. The van der Waals surface area contributed by atoms with E-state index in [9.17, 15) is 5.11 Å². The maximum atomic E-state index is 10.6. The predicted octanol–water partition coefficient (Wildman–Crippen LogP) is 3.45. The van der Waals surface area contributed by atoms with Crippen LogP contribution in [-0.4, -0.2) is 10.1 Å². The predicted molar refractivity (Wildman–Crippen MR) is 66.6 cm³/mol. The van der Waals surface area contributed by atoms with Crippen molar-refractivity contribution < 1.29 is 5.11 Å². The Morgan fingerprint density at radius 2 is 1.94 bits per heavy atom. The second kappa shape index (κ2) is 3.82. The molecule has 0 spiro atoms. The summed E-state index contributed by atoms with van der Waals surface area (Å²) in [4.78, 5) is 4.59. The summed E-state index contributed by atoms with van der Waals surface area (Å²) in [5.41, 5.74) is 1.20. The molecule has 0 atom stereocenters. The highest BCUT2D eigenvalue weighted by atomic mass is 32.1. The summed E-state index contributed by atoms with van der Waals surface area (Å²) in [7, 11) is 0. The van der Waals surface area contributed by atoms with Gasteiger partial charge in [-0.3, -0.25) is 0 Å². The Balaban J connectivity index is 2.03. The summed E-state index contributed by atoms with van der Waals surface area (Å²) in [6, 6.07) is 4.06. The molecule has 3 rings (SSSR count). The lowest BCUT2D eigenvalue weighted by atomic mass is 9.82. The fourth-order valence-corrected chi connectivity index (χ4v) is 3.24. The van der Waals surface area contributed by atoms with Crippen molar-refractivity contribution in [1.29, 1.82) is 0 Å². The van der Waals surface area contributed by atoms with Gasteiger partial charge in [-0.05, 0) is 18.9 Å². The summed E-state index contributed by atoms with van der Waals surface area (Å²) in [6.45, 7) is 0. The van der Waals surface area contributed by atoms with Gasteiger partial charge in [0.25, 0.3) is 0 Å². The summed E-state index contributed by atoms with van der Waals surface area (Å²) in [5.74, 6) is 0. The van der Waals surface area contributed by atoms with Gasteiger partial charge < -0.3 is 5.11 Å². The SMILES string of the molecule is OC1(c2ccc3cscc3n2)CCCCC1. The van der Waals surface area contributed by atoms with Gasteiger partial charge in [0, 0.05) is 16.1 Å². The molecule has 0 aromatic carbocycles. The number of aliphatic hydroxyl groups is 1. The van der Waals surface area contributed by atoms with E-state index in [0.717, 1.165) is 36.9 Å². The number of hydrogen-bond acceptors (Lipinski definition) is 3. The standard InChI is InChI=1S/C13H15NOS/c15-13(6-2-1-3-7-13)12-5-4-10-8-16-9-11(10)14-12/h4-5,8-9,15H,1-3,6-7H2. The molecule has 2 nitrogen and oxygen atoms in total. The third kappa shape index (κ3) is 1.64. The van der Waals surface area contributed by atoms with Crippen LogP contribution in [0.15, 0.2) is 22.9 Å². The number of aromatic nitrogens is 1. The largest absolute Gasteiger partial charge is 0.384 e. The van der Waals surface area contributed by atoms with Gasteiger partial charge in [-0.2, -0.15) is 0 Å². The Morgan fingerprint density at radius 3 is 2.75 bits per heavy atom. The molecule has 0 amide bonds. The third-order valence-corrected chi connectivity index (χ3v) is 4.24. The average Bonchev–Trinajstić information content (AvgIpc) is 2.77. The highest BCUT2D eigenvalue weighted by Gasteiger charge is 2.32. The summed E-state index contributed by atoms with van der Waals surface area (Å²) in [5, 5.41) is 15.9. The summed E-state index contributed by atoms with van der Waals surface area (Å²) in [6.07, 6.45) is 5.17. The molecule has 2 aromatic heterocycles. The minimum absolute atomic E-state index is 0.672. The van der Waals surface area contributed by atoms with Gasteiger partial charge in [-0.25, -0.2) is 4.98 Å². The molecule has 1 aliphatic carbocycles. The average molecular weight is 233 g/mol. The minimum Gasteiger partial charge on any atom is -0.384 e. The number of nitrogens with zero attached hydrogens (tertiary/aromatic N) is 1. The molecule has 1 N–H and O–H groups in total. The first-order valence-electron chi connectivity index (χ1n) is 5.84. The van der Waals surface area contributed by atoms with Crippen molar-refractivity contribution in [3.63, 3.8) is 0 Å². The van der Waals surface area contributed by atoms with Gasteiger partial charge in [-0.15, -0.1) is 11.3 Å². The van der Waals surface area contributed by atoms with E-state index in [2.05, 4.69) is 16.4 Å². The topological polar surface area (TPSA) is 33.1 Å². The van der Waals surface area contributed by atoms with Crippen molar-refractivity contribution in [3.8, 4) is 0 Å². The van der Waals surface area contributed by atoms with Crippen LogP contribution >= 0.6 is 11.3 Å². The zero-order valence-corrected chi connectivity index (χ0v) is 9.96. The Kier molecular flexibility index (Phi) is 2.45. The van der Waals surface area contributed by atoms with Crippen LogP contribution in [0.2, 0.25) is 0 Å². The lowest BCUT2D eigenvalue weighted by Gasteiger charge is -2.31. The maximum absolute atomic E-state index is 10.6. The first-order chi connectivity index (χ1) is 7.78. The van der Waals surface area contributed by atoms with Crippen molar-refractivity contribution in [2.45, 2.75) is 37.7 Å². The van der Waals surface area contributed by atoms with E-state index >= 15 is 0 Å². The molecule has 16 heavy (non-hydrogen) atoms. The van der Waals surface area contributed by atoms with Gasteiger partial charge >= 0.3 is 0 Å². The Morgan fingerprint density at radius 1 is 1.12 bits per heavy atom. The number of pyridine rings is 1. The van der Waals surface area contributed by atoms with Crippen molar-refractivity contribution in [2.24, 2.45) is 0 Å². The van der Waals surface area contributed by atoms with E-state index in [1.54, 1.807) is 11.3 Å². The first-order valence-corrected chi connectivity index (χ1v) is 6.78. The lowest BCUT2D eigenvalue weighted by molar-refractivity contribution is -0.00434. The van der Waals surface area contributed by atoms with E-state index in [0.29, 0.717) is 0 Å². The highest BCUT2D eigenvalue weighted by molar-refractivity contribution is 7.09. The molecule has 84 valence electrons.